The predicted octanol–water partition coefficient (Wildman–Crippen LogP) is 21.4. The number of carbonyl (C=O) groups is 4. The minimum Gasteiger partial charge on any atom is -0.462 e. The Morgan fingerprint density at radius 1 is 0.302 bits per heavy atom. The van der Waals surface area contributed by atoms with Crippen LogP contribution in [0.5, 0.6) is 0 Å². The molecule has 556 valence electrons. The lowest BCUT2D eigenvalue weighted by Gasteiger charge is -2.21. The monoisotopic (exact) mass is 1390 g/mol. The molecule has 0 aliphatic heterocycles. The van der Waals surface area contributed by atoms with Crippen LogP contribution in [0.25, 0.3) is 0 Å². The van der Waals surface area contributed by atoms with Gasteiger partial charge in [-0.3, -0.25) is 37.3 Å². The summed E-state index contributed by atoms with van der Waals surface area (Å²) in [6, 6.07) is 0. The van der Waals surface area contributed by atoms with E-state index < -0.39 is 97.5 Å². The van der Waals surface area contributed by atoms with E-state index in [1.807, 2.05) is 0 Å². The lowest BCUT2D eigenvalue weighted by atomic mass is 10.0. The molecule has 0 aromatic rings. The number of carbonyl (C=O) groups excluding carboxylic acids is 4. The number of rotatable bonds is 71. The smallest absolute Gasteiger partial charge is 0.462 e. The van der Waals surface area contributed by atoms with E-state index in [2.05, 4.69) is 113 Å². The summed E-state index contributed by atoms with van der Waals surface area (Å²) < 4.78 is 68.4. The molecule has 96 heavy (non-hydrogen) atoms. The summed E-state index contributed by atoms with van der Waals surface area (Å²) >= 11 is 0. The minimum atomic E-state index is -4.97. The van der Waals surface area contributed by atoms with Crippen molar-refractivity contribution in [1.82, 2.24) is 0 Å². The molecule has 0 aliphatic carbocycles. The first kappa shape index (κ1) is 92.2. The summed E-state index contributed by atoms with van der Waals surface area (Å²) in [7, 11) is -9.95. The number of phosphoric acid groups is 2. The van der Waals surface area contributed by atoms with Gasteiger partial charge in [-0.25, -0.2) is 9.13 Å². The molecule has 0 radical (unpaired) electrons. The number of allylic oxidation sites excluding steroid dienone is 14. The van der Waals surface area contributed by atoms with Gasteiger partial charge in [0.2, 0.25) is 0 Å². The number of phosphoric ester groups is 2. The van der Waals surface area contributed by atoms with Crippen molar-refractivity contribution in [3.8, 4) is 0 Å². The number of hydrogen-bond donors (Lipinski definition) is 3. The van der Waals surface area contributed by atoms with Gasteiger partial charge in [-0.15, -0.1) is 0 Å². The third-order valence-corrected chi connectivity index (χ3v) is 17.8. The molecule has 0 amide bonds. The van der Waals surface area contributed by atoms with Crippen molar-refractivity contribution in [1.29, 1.82) is 0 Å². The predicted molar refractivity (Wildman–Crippen MR) is 390 cm³/mol. The van der Waals surface area contributed by atoms with Crippen molar-refractivity contribution in [2.75, 3.05) is 39.6 Å². The Balaban J connectivity index is 5.35. The maximum Gasteiger partial charge on any atom is 0.472 e. The van der Waals surface area contributed by atoms with Crippen molar-refractivity contribution in [3.63, 3.8) is 0 Å². The molecule has 0 bridgehead atoms. The number of ether oxygens (including phenoxy) is 4. The molecule has 0 aromatic heterocycles. The SMILES string of the molecule is CC/C=C\C/C=C\C/C=C\C/C=C\CCCCC(=O)OCC(COP(=O)(O)OCC(O)COP(=O)(O)OCC(COC(=O)CCCCCCC/C=C\C/C=C\C/C=C\CC)OC(=O)CCCCCCCCCCCCCCCCC)OC(=O)CCCCCCCCCCCCC. The fraction of sp³-hybridized carbons (Fsp3) is 0.766. The van der Waals surface area contributed by atoms with Crippen LogP contribution in [0, 0.1) is 0 Å². The molecule has 0 saturated carbocycles. The lowest BCUT2D eigenvalue weighted by Crippen LogP contribution is -2.30. The molecule has 0 heterocycles. The van der Waals surface area contributed by atoms with E-state index in [1.165, 1.54) is 103 Å². The first-order valence-corrected chi connectivity index (χ1v) is 40.8. The molecular weight excluding hydrogens is 1260 g/mol. The molecule has 3 N–H and O–H groups in total. The zero-order chi connectivity index (χ0) is 70.4. The first-order chi connectivity index (χ1) is 46.7. The van der Waals surface area contributed by atoms with E-state index in [4.69, 9.17) is 37.0 Å². The van der Waals surface area contributed by atoms with Crippen LogP contribution in [-0.2, 0) is 65.4 Å². The Bertz CT molecular complexity index is 2160. The van der Waals surface area contributed by atoms with Gasteiger partial charge in [-0.1, -0.05) is 286 Å². The van der Waals surface area contributed by atoms with Gasteiger partial charge in [-0.05, 0) is 96.3 Å². The number of aliphatic hydroxyl groups is 1. The van der Waals surface area contributed by atoms with E-state index in [-0.39, 0.29) is 25.7 Å². The highest BCUT2D eigenvalue weighted by Gasteiger charge is 2.30. The highest BCUT2D eigenvalue weighted by Crippen LogP contribution is 2.45. The average molecular weight is 1400 g/mol. The van der Waals surface area contributed by atoms with Gasteiger partial charge in [-0.2, -0.15) is 0 Å². The third kappa shape index (κ3) is 68.8. The summed E-state index contributed by atoms with van der Waals surface area (Å²) in [6.07, 6.45) is 70.1. The largest absolute Gasteiger partial charge is 0.472 e. The normalized spacial score (nSPS) is 14.4. The lowest BCUT2D eigenvalue weighted by molar-refractivity contribution is -0.161. The van der Waals surface area contributed by atoms with Crippen LogP contribution in [0.3, 0.4) is 0 Å². The molecule has 5 unspecified atom stereocenters. The highest BCUT2D eigenvalue weighted by atomic mass is 31.2. The Morgan fingerprint density at radius 3 is 0.854 bits per heavy atom. The van der Waals surface area contributed by atoms with Gasteiger partial charge < -0.3 is 33.8 Å². The topological polar surface area (TPSA) is 237 Å². The van der Waals surface area contributed by atoms with Gasteiger partial charge in [0.1, 0.15) is 19.3 Å². The van der Waals surface area contributed by atoms with Gasteiger partial charge in [0.25, 0.3) is 0 Å². The zero-order valence-corrected chi connectivity index (χ0v) is 62.3. The summed E-state index contributed by atoms with van der Waals surface area (Å²) in [6.45, 7) is 4.61. The Hall–Kier alpha value is -3.76. The van der Waals surface area contributed by atoms with E-state index in [0.717, 1.165) is 141 Å². The second-order valence-electron chi connectivity index (χ2n) is 25.2. The molecule has 19 heteroatoms. The van der Waals surface area contributed by atoms with Gasteiger partial charge in [0.15, 0.2) is 12.2 Å². The van der Waals surface area contributed by atoms with E-state index >= 15 is 0 Å². The number of hydrogen-bond acceptors (Lipinski definition) is 15. The molecule has 0 aliphatic rings. The Labute approximate surface area is 583 Å². The van der Waals surface area contributed by atoms with Gasteiger partial charge in [0, 0.05) is 25.7 Å². The first-order valence-electron chi connectivity index (χ1n) is 37.8. The maximum absolute atomic E-state index is 13.1. The van der Waals surface area contributed by atoms with E-state index in [1.54, 1.807) is 0 Å². The van der Waals surface area contributed by atoms with Crippen LogP contribution in [0.15, 0.2) is 85.1 Å². The standard InChI is InChI=1S/C77H136O17P2/c1-5-9-13-17-21-25-29-32-35-38-42-45-49-53-57-61-74(79)87-67-72(93-76(81)63-59-55-51-47-41-28-24-20-16-12-8-4)69-91-95(83,84)89-65-71(78)66-90-96(85,86)92-70-73(94-77(82)64-60-56-52-48-44-40-37-34-31-27-23-19-15-11-7-3)68-88-75(80)62-58-54-50-46-43-39-36-33-30-26-22-18-14-10-6-2/h9-10,13-14,21-22,25-26,32-33,35-36,42,45,71-73,78H,5-8,11-12,15-20,23-24,27-31,34,37-41,43-44,46-70H2,1-4H3,(H,83,84)(H,85,86)/b13-9-,14-10-,25-21-,26-22-,35-32-,36-33-,45-42-. The van der Waals surface area contributed by atoms with Crippen molar-refractivity contribution in [3.05, 3.63) is 85.1 Å². The molecule has 0 fully saturated rings. The van der Waals surface area contributed by atoms with Crippen LogP contribution in [0.2, 0.25) is 0 Å². The van der Waals surface area contributed by atoms with E-state index in [0.29, 0.717) is 25.7 Å². The molecular formula is C77H136O17P2. The Kier molecular flexibility index (Phi) is 67.0. The van der Waals surface area contributed by atoms with Crippen LogP contribution in [-0.4, -0.2) is 96.7 Å². The van der Waals surface area contributed by atoms with Crippen molar-refractivity contribution in [2.24, 2.45) is 0 Å². The van der Waals surface area contributed by atoms with Gasteiger partial charge >= 0.3 is 39.5 Å². The summed E-state index contributed by atoms with van der Waals surface area (Å²) in [5, 5.41) is 10.6. The maximum atomic E-state index is 13.1. The van der Waals surface area contributed by atoms with Crippen LogP contribution >= 0.6 is 15.6 Å². The number of aliphatic hydroxyl groups excluding tert-OH is 1. The Morgan fingerprint density at radius 2 is 0.542 bits per heavy atom. The van der Waals surface area contributed by atoms with Crippen LogP contribution in [0.4, 0.5) is 0 Å². The second-order valence-corrected chi connectivity index (χ2v) is 28.1. The van der Waals surface area contributed by atoms with Crippen molar-refractivity contribution >= 4 is 39.5 Å². The summed E-state index contributed by atoms with van der Waals surface area (Å²) in [5.74, 6) is -2.22. The minimum absolute atomic E-state index is 0.0891. The average Bonchev–Trinajstić information content (AvgIpc) is 1.11. The van der Waals surface area contributed by atoms with Crippen LogP contribution < -0.4 is 0 Å². The fourth-order valence-electron chi connectivity index (χ4n) is 10.2. The van der Waals surface area contributed by atoms with Gasteiger partial charge in [0.05, 0.1) is 26.4 Å². The third-order valence-electron chi connectivity index (χ3n) is 15.9. The van der Waals surface area contributed by atoms with Crippen molar-refractivity contribution < 1.29 is 80.2 Å². The second kappa shape index (κ2) is 69.7. The quantitative estimate of drug-likeness (QED) is 0.0169. The molecule has 0 spiro atoms. The highest BCUT2D eigenvalue weighted by molar-refractivity contribution is 7.47. The molecule has 17 nitrogen and oxygen atoms in total. The molecule has 0 aromatic carbocycles. The number of esters is 4. The molecule has 5 atom stereocenters. The van der Waals surface area contributed by atoms with Crippen molar-refractivity contribution in [2.45, 2.75) is 341 Å². The van der Waals surface area contributed by atoms with Crippen LogP contribution in [0.1, 0.15) is 323 Å². The molecule has 0 saturated heterocycles. The summed E-state index contributed by atoms with van der Waals surface area (Å²) in [5.41, 5.74) is 0. The fourth-order valence-corrected chi connectivity index (χ4v) is 11.7. The van der Waals surface area contributed by atoms with E-state index in [9.17, 15) is 43.2 Å². The molecule has 0 rings (SSSR count). The number of unbranched alkanes of at least 4 members (excludes halogenated alkanes) is 31. The zero-order valence-electron chi connectivity index (χ0n) is 60.5. The summed E-state index contributed by atoms with van der Waals surface area (Å²) in [4.78, 5) is 72.8.